The van der Waals surface area contributed by atoms with E-state index in [9.17, 15) is 0 Å². The molecule has 0 N–H and O–H groups in total. The summed E-state index contributed by atoms with van der Waals surface area (Å²) in [7, 11) is 0. The topological polar surface area (TPSA) is 61.4 Å². The van der Waals surface area contributed by atoms with E-state index in [1.165, 1.54) is 5.39 Å². The summed E-state index contributed by atoms with van der Waals surface area (Å²) in [6.07, 6.45) is 0. The number of rotatable bonds is 4. The van der Waals surface area contributed by atoms with Gasteiger partial charge in [-0.2, -0.15) is 9.97 Å². The lowest BCUT2D eigenvalue weighted by molar-refractivity contribution is 0.954. The lowest BCUT2D eigenvalue weighted by Crippen LogP contribution is -2.06. The van der Waals surface area contributed by atoms with E-state index in [4.69, 9.17) is 15.0 Å². The van der Waals surface area contributed by atoms with Crippen molar-refractivity contribution in [2.24, 2.45) is 0 Å². The first-order valence-corrected chi connectivity index (χ1v) is 16.4. The van der Waals surface area contributed by atoms with Gasteiger partial charge in [-0.1, -0.05) is 72.8 Å². The van der Waals surface area contributed by atoms with Crippen LogP contribution in [-0.2, 0) is 0 Å². The smallest absolute Gasteiger partial charge is 0.238 e. The summed E-state index contributed by atoms with van der Waals surface area (Å²) < 4.78 is 5.57. The maximum atomic E-state index is 5.20. The number of benzene rings is 6. The monoisotopic (exact) mass is 620 g/mol. The molecular weight excluding hydrogens is 597 g/mol. The van der Waals surface area contributed by atoms with Crippen molar-refractivity contribution < 1.29 is 0 Å². The van der Waals surface area contributed by atoms with Crippen LogP contribution in [0.2, 0.25) is 0 Å². The Bertz CT molecular complexity index is 2760. The minimum Gasteiger partial charge on any atom is -0.309 e. The van der Waals surface area contributed by atoms with Crippen molar-refractivity contribution >= 4 is 65.2 Å². The van der Waals surface area contributed by atoms with Crippen molar-refractivity contribution in [1.29, 1.82) is 0 Å². The third-order valence-corrected chi connectivity index (χ3v) is 9.73. The Balaban J connectivity index is 1.25. The molecule has 0 aliphatic heterocycles. The lowest BCUT2D eigenvalue weighted by atomic mass is 10.1. The zero-order chi connectivity index (χ0) is 30.9. The summed E-state index contributed by atoms with van der Waals surface area (Å²) in [5, 5.41) is 4.65. The highest BCUT2D eigenvalue weighted by Gasteiger charge is 2.19. The summed E-state index contributed by atoms with van der Waals surface area (Å²) >= 11 is 1.62. The second-order valence-corrected chi connectivity index (χ2v) is 12.5. The van der Waals surface area contributed by atoms with Gasteiger partial charge in [0.15, 0.2) is 11.6 Å². The second-order valence-electron chi connectivity index (χ2n) is 11.6. The van der Waals surface area contributed by atoms with Crippen molar-refractivity contribution in [2.45, 2.75) is 0 Å². The molecule has 0 amide bonds. The van der Waals surface area contributed by atoms with Gasteiger partial charge >= 0.3 is 0 Å². The van der Waals surface area contributed by atoms with E-state index in [0.29, 0.717) is 17.6 Å². The normalized spacial score (nSPS) is 11.8. The minimum atomic E-state index is 0.582. The third-order valence-electron chi connectivity index (χ3n) is 8.94. The van der Waals surface area contributed by atoms with Crippen LogP contribution in [0.25, 0.3) is 88.2 Å². The number of hydrogen-bond donors (Lipinski definition) is 0. The van der Waals surface area contributed by atoms with E-state index in [-0.39, 0.29) is 0 Å². The fourth-order valence-corrected chi connectivity index (χ4v) is 7.54. The van der Waals surface area contributed by atoms with Crippen LogP contribution in [0.15, 0.2) is 145 Å². The average Bonchev–Trinajstić information content (AvgIpc) is 3.84. The maximum Gasteiger partial charge on any atom is 0.238 e. The number of nitrogens with zero attached hydrogens (tertiary/aromatic N) is 6. The van der Waals surface area contributed by atoms with E-state index in [1.54, 1.807) is 11.3 Å². The Morgan fingerprint density at radius 3 is 1.70 bits per heavy atom. The Morgan fingerprint density at radius 2 is 1.00 bits per heavy atom. The van der Waals surface area contributed by atoms with Gasteiger partial charge in [0.25, 0.3) is 0 Å². The van der Waals surface area contributed by atoms with Gasteiger partial charge < -0.3 is 4.57 Å². The number of fused-ring (bicyclic) bond motifs is 7. The summed E-state index contributed by atoms with van der Waals surface area (Å²) in [5.74, 6) is 1.82. The van der Waals surface area contributed by atoms with Crippen molar-refractivity contribution in [3.8, 4) is 34.4 Å². The zero-order valence-electron chi connectivity index (χ0n) is 24.9. The summed E-state index contributed by atoms with van der Waals surface area (Å²) in [6, 6.07) is 48.7. The highest BCUT2D eigenvalue weighted by atomic mass is 32.1. The Labute approximate surface area is 272 Å². The first kappa shape index (κ1) is 26.1. The highest BCUT2D eigenvalue weighted by molar-refractivity contribution is 7.16. The van der Waals surface area contributed by atoms with Crippen LogP contribution in [0.3, 0.4) is 0 Å². The highest BCUT2D eigenvalue weighted by Crippen LogP contribution is 2.36. The van der Waals surface area contributed by atoms with Gasteiger partial charge in [-0.05, 0) is 66.7 Å². The van der Waals surface area contributed by atoms with E-state index in [1.807, 2.05) is 17.6 Å². The fourth-order valence-electron chi connectivity index (χ4n) is 6.82. The van der Waals surface area contributed by atoms with Crippen molar-refractivity contribution in [3.05, 3.63) is 145 Å². The van der Waals surface area contributed by atoms with Crippen LogP contribution in [0.4, 0.5) is 0 Å². The molecule has 47 heavy (non-hydrogen) atoms. The second kappa shape index (κ2) is 10.2. The Hall–Kier alpha value is -6.18. The van der Waals surface area contributed by atoms with E-state index in [2.05, 4.69) is 142 Å². The lowest BCUT2D eigenvalue weighted by Gasteiger charge is -2.11. The Kier molecular flexibility index (Phi) is 5.64. The molecular formula is C40H24N6S. The standard InChI is InChI=1S/C40H24N6S/c1-2-10-27(11-3-1)45-33-15-7-6-14-30(33)31-22-25(19-21-36(31)45)38-42-39(26-18-20-32-37(23-26)47-24-41-32)44-40(43-38)46-34-16-8-4-12-28(34)29-13-5-9-17-35(29)46/h1-24H. The fraction of sp³-hybridized carbons (Fsp3) is 0. The number of para-hydroxylation sites is 4. The van der Waals surface area contributed by atoms with Crippen LogP contribution in [0.5, 0.6) is 0 Å². The van der Waals surface area contributed by atoms with Crippen molar-refractivity contribution in [1.82, 2.24) is 29.1 Å². The average molecular weight is 621 g/mol. The maximum absolute atomic E-state index is 5.20. The van der Waals surface area contributed by atoms with Crippen LogP contribution >= 0.6 is 11.3 Å². The minimum absolute atomic E-state index is 0.582. The van der Waals surface area contributed by atoms with Gasteiger partial charge in [0.1, 0.15) is 0 Å². The molecule has 0 bridgehead atoms. The first-order valence-electron chi connectivity index (χ1n) is 15.5. The molecule has 0 radical (unpaired) electrons. The van der Waals surface area contributed by atoms with E-state index >= 15 is 0 Å². The first-order chi connectivity index (χ1) is 23.3. The predicted molar refractivity (Wildman–Crippen MR) is 193 cm³/mol. The molecule has 6 nitrogen and oxygen atoms in total. The van der Waals surface area contributed by atoms with Gasteiger partial charge in [0.2, 0.25) is 5.95 Å². The Morgan fingerprint density at radius 1 is 0.447 bits per heavy atom. The van der Waals surface area contributed by atoms with E-state index < -0.39 is 0 Å². The molecule has 0 aliphatic carbocycles. The van der Waals surface area contributed by atoms with Crippen LogP contribution in [0, 0.1) is 0 Å². The number of aromatic nitrogens is 6. The molecule has 7 heteroatoms. The molecule has 220 valence electrons. The van der Waals surface area contributed by atoms with Crippen molar-refractivity contribution in [2.75, 3.05) is 0 Å². The van der Waals surface area contributed by atoms with Crippen LogP contribution < -0.4 is 0 Å². The zero-order valence-corrected chi connectivity index (χ0v) is 25.8. The molecule has 0 spiro atoms. The molecule has 4 aromatic heterocycles. The van der Waals surface area contributed by atoms with Crippen LogP contribution in [-0.4, -0.2) is 29.1 Å². The third kappa shape index (κ3) is 4.03. The number of hydrogen-bond acceptors (Lipinski definition) is 5. The van der Waals surface area contributed by atoms with E-state index in [0.717, 1.165) is 65.3 Å². The molecule has 0 aliphatic rings. The molecule has 6 aromatic carbocycles. The molecule has 0 fully saturated rings. The van der Waals surface area contributed by atoms with Crippen LogP contribution in [0.1, 0.15) is 0 Å². The largest absolute Gasteiger partial charge is 0.309 e. The summed E-state index contributed by atoms with van der Waals surface area (Å²) in [6.45, 7) is 0. The van der Waals surface area contributed by atoms with Gasteiger partial charge in [-0.15, -0.1) is 11.3 Å². The van der Waals surface area contributed by atoms with Gasteiger partial charge in [-0.25, -0.2) is 9.97 Å². The quantitative estimate of drug-likeness (QED) is 0.196. The van der Waals surface area contributed by atoms with Gasteiger partial charge in [-0.3, -0.25) is 4.57 Å². The number of thiazole rings is 1. The summed E-state index contributed by atoms with van der Waals surface area (Å²) in [5.41, 5.74) is 10.2. The molecule has 0 saturated heterocycles. The SMILES string of the molecule is c1ccc(-n2c3ccccc3c3cc(-c4nc(-c5ccc6ncsc6c5)nc(-n5c6ccccc6c6ccccc65)n4)ccc32)cc1. The summed E-state index contributed by atoms with van der Waals surface area (Å²) in [4.78, 5) is 20.0. The molecule has 0 unspecified atom stereocenters. The van der Waals surface area contributed by atoms with Crippen molar-refractivity contribution in [3.63, 3.8) is 0 Å². The molecule has 10 aromatic rings. The van der Waals surface area contributed by atoms with Gasteiger partial charge in [0, 0.05) is 38.4 Å². The molecule has 4 heterocycles. The molecule has 0 atom stereocenters. The molecule has 10 rings (SSSR count). The predicted octanol–water partition coefficient (Wildman–Crippen LogP) is 10.0. The molecule has 0 saturated carbocycles. The van der Waals surface area contributed by atoms with Gasteiger partial charge in [0.05, 0.1) is 37.8 Å².